The zero-order chi connectivity index (χ0) is 33.0. The number of rotatable bonds is 8. The molecule has 0 saturated carbocycles. The summed E-state index contributed by atoms with van der Waals surface area (Å²) in [5.74, 6) is -0.119. The van der Waals surface area contributed by atoms with Crippen LogP contribution in [0.4, 0.5) is 5.69 Å². The number of nitrogens with one attached hydrogen (secondary N) is 1. The first kappa shape index (κ1) is 31.7. The summed E-state index contributed by atoms with van der Waals surface area (Å²) < 4.78 is 6.38. The van der Waals surface area contributed by atoms with Gasteiger partial charge in [-0.05, 0) is 68.9 Å². The fourth-order valence-electron chi connectivity index (χ4n) is 7.30. The van der Waals surface area contributed by atoms with E-state index in [1.807, 2.05) is 23.1 Å². The average molecular weight is 643 g/mol. The predicted molar refractivity (Wildman–Crippen MR) is 187 cm³/mol. The molecule has 5 heterocycles. The normalized spacial score (nSPS) is 20.1. The highest BCUT2D eigenvalue weighted by Gasteiger charge is 2.29. The highest BCUT2D eigenvalue weighted by molar-refractivity contribution is 5.99. The van der Waals surface area contributed by atoms with Crippen molar-refractivity contribution in [3.05, 3.63) is 95.1 Å². The topological polar surface area (TPSA) is 111 Å². The fourth-order valence-corrected chi connectivity index (χ4v) is 7.30. The van der Waals surface area contributed by atoms with Crippen LogP contribution in [-0.4, -0.2) is 89.1 Å². The van der Waals surface area contributed by atoms with E-state index in [1.54, 1.807) is 12.3 Å². The minimum Gasteiger partial charge on any atom is -0.462 e. The number of likely N-dealkylation sites (tertiary alicyclic amines) is 1. The van der Waals surface area contributed by atoms with Gasteiger partial charge in [-0.25, -0.2) is 0 Å². The van der Waals surface area contributed by atoms with Crippen molar-refractivity contribution in [2.75, 3.05) is 51.3 Å². The molecule has 3 aliphatic rings. The van der Waals surface area contributed by atoms with Crippen LogP contribution in [0.25, 0.3) is 16.3 Å². The molecule has 3 aliphatic heterocycles. The summed E-state index contributed by atoms with van der Waals surface area (Å²) in [5.41, 5.74) is 6.37. The Kier molecular flexibility index (Phi) is 9.32. The van der Waals surface area contributed by atoms with E-state index in [1.165, 1.54) is 22.0 Å². The van der Waals surface area contributed by atoms with Gasteiger partial charge in [0.25, 0.3) is 0 Å². The van der Waals surface area contributed by atoms with Gasteiger partial charge in [0.05, 0.1) is 36.1 Å². The fraction of sp³-hybridized carbons (Fsp3) is 0.395. The second-order valence-corrected chi connectivity index (χ2v) is 13.1. The summed E-state index contributed by atoms with van der Waals surface area (Å²) in [6, 6.07) is 21.5. The van der Waals surface area contributed by atoms with Crippen LogP contribution in [0.2, 0.25) is 0 Å². The van der Waals surface area contributed by atoms with Gasteiger partial charge in [-0.2, -0.15) is 15.2 Å². The third kappa shape index (κ3) is 6.61. The molecule has 2 saturated heterocycles. The molecule has 0 radical (unpaired) electrons. The quantitative estimate of drug-likeness (QED) is 0.278. The van der Waals surface area contributed by atoms with Crippen molar-refractivity contribution < 1.29 is 9.53 Å². The van der Waals surface area contributed by atoms with E-state index in [9.17, 15) is 10.1 Å². The summed E-state index contributed by atoms with van der Waals surface area (Å²) in [6.45, 7) is 6.78. The first-order valence-corrected chi connectivity index (χ1v) is 17.0. The molecule has 0 spiro atoms. The lowest BCUT2D eigenvalue weighted by Gasteiger charge is -2.33. The Morgan fingerprint density at radius 3 is 2.77 bits per heavy atom. The first-order valence-electron chi connectivity index (χ1n) is 17.0. The van der Waals surface area contributed by atoms with Crippen molar-refractivity contribution in [3.63, 3.8) is 0 Å². The van der Waals surface area contributed by atoms with E-state index in [4.69, 9.17) is 14.7 Å². The molecular formula is C38H42N8O2. The Hall–Kier alpha value is -4.85. The molecule has 2 aromatic heterocycles. The molecule has 1 N–H and O–H groups in total. The number of benzene rings is 2. The van der Waals surface area contributed by atoms with Gasteiger partial charge in [0.2, 0.25) is 5.91 Å². The molecule has 2 aromatic carbocycles. The molecule has 2 atom stereocenters. The molecule has 1 amide bonds. The SMILES string of the molecule is Cc1cccc2cccc(N3CCc4c(nc(OC[C@@H]5CCCN5C)nc4/C(=C/C(=O)N4CCN[C@@H](CC#N)C4)c4ccccn4)C3)c12. The second kappa shape index (κ2) is 14.1. The number of piperazine rings is 1. The van der Waals surface area contributed by atoms with Crippen LogP contribution in [0, 0.1) is 18.3 Å². The molecule has 0 bridgehead atoms. The lowest BCUT2D eigenvalue weighted by molar-refractivity contribution is -0.127. The number of nitrogens with zero attached hydrogens (tertiary/aromatic N) is 7. The van der Waals surface area contributed by atoms with Crippen molar-refractivity contribution in [2.45, 2.75) is 51.2 Å². The number of anilines is 1. The Labute approximate surface area is 282 Å². The number of nitriles is 1. The van der Waals surface area contributed by atoms with Gasteiger partial charge in [-0.15, -0.1) is 0 Å². The van der Waals surface area contributed by atoms with E-state index < -0.39 is 0 Å². The third-order valence-corrected chi connectivity index (χ3v) is 9.92. The number of ether oxygens (including phenoxy) is 1. The van der Waals surface area contributed by atoms with Gasteiger partial charge >= 0.3 is 6.01 Å². The first-order chi connectivity index (χ1) is 23.5. The maximum absolute atomic E-state index is 13.9. The van der Waals surface area contributed by atoms with E-state index in [0.29, 0.717) is 74.6 Å². The minimum atomic E-state index is -0.119. The van der Waals surface area contributed by atoms with E-state index in [0.717, 1.165) is 37.2 Å². The lowest BCUT2D eigenvalue weighted by atomic mass is 9.95. The molecule has 2 fully saturated rings. The molecule has 10 nitrogen and oxygen atoms in total. The molecule has 48 heavy (non-hydrogen) atoms. The zero-order valence-corrected chi connectivity index (χ0v) is 27.7. The van der Waals surface area contributed by atoms with Crippen LogP contribution in [-0.2, 0) is 17.8 Å². The van der Waals surface area contributed by atoms with Gasteiger partial charge in [0, 0.05) is 72.7 Å². The molecule has 4 aromatic rings. The monoisotopic (exact) mass is 642 g/mol. The standard InChI is InChI=1S/C38H42N8O2/c1-26-8-5-9-27-10-6-13-34(36(26)27)45-20-15-30-33(24-45)42-38(48-25-29-11-7-19-44(29)2)43-37(30)31(32-12-3-4-17-41-32)22-35(47)46-21-18-40-28(23-46)14-16-39/h3-6,8-10,12-13,17,22,28-29,40H,7,11,14-15,18-21,23-25H2,1-2H3/b31-22+/t28-,29-/m0/s1. The smallest absolute Gasteiger partial charge is 0.317 e. The Bertz CT molecular complexity index is 1870. The Morgan fingerprint density at radius 1 is 1.10 bits per heavy atom. The highest BCUT2D eigenvalue weighted by Crippen LogP contribution is 2.36. The van der Waals surface area contributed by atoms with Crippen LogP contribution in [0.5, 0.6) is 6.01 Å². The van der Waals surface area contributed by atoms with Gasteiger partial charge in [-0.1, -0.05) is 36.4 Å². The van der Waals surface area contributed by atoms with E-state index in [2.05, 4.69) is 76.5 Å². The summed E-state index contributed by atoms with van der Waals surface area (Å²) in [7, 11) is 2.13. The molecule has 0 aliphatic carbocycles. The summed E-state index contributed by atoms with van der Waals surface area (Å²) in [6.07, 6.45) is 6.70. The molecular weight excluding hydrogens is 600 g/mol. The second-order valence-electron chi connectivity index (χ2n) is 13.1. The number of likely N-dealkylation sites (N-methyl/N-ethyl adjacent to an activating group) is 1. The molecule has 10 heteroatoms. The summed E-state index contributed by atoms with van der Waals surface area (Å²) >= 11 is 0. The summed E-state index contributed by atoms with van der Waals surface area (Å²) in [4.78, 5) is 35.2. The minimum absolute atomic E-state index is 0.0522. The van der Waals surface area contributed by atoms with Crippen molar-refractivity contribution in [1.82, 2.24) is 30.1 Å². The van der Waals surface area contributed by atoms with Crippen LogP contribution < -0.4 is 15.0 Å². The predicted octanol–water partition coefficient (Wildman–Crippen LogP) is 4.51. The third-order valence-electron chi connectivity index (χ3n) is 9.92. The van der Waals surface area contributed by atoms with Gasteiger partial charge in [-0.3, -0.25) is 9.78 Å². The molecule has 246 valence electrons. The molecule has 7 rings (SSSR count). The van der Waals surface area contributed by atoms with E-state index >= 15 is 0 Å². The van der Waals surface area contributed by atoms with Crippen molar-refractivity contribution in [1.29, 1.82) is 5.26 Å². The number of amides is 1. The maximum atomic E-state index is 13.9. The van der Waals surface area contributed by atoms with Crippen molar-refractivity contribution in [3.8, 4) is 12.1 Å². The highest BCUT2D eigenvalue weighted by atomic mass is 16.5. The number of hydrogen-bond donors (Lipinski definition) is 1. The Balaban J connectivity index is 1.30. The zero-order valence-electron chi connectivity index (χ0n) is 27.7. The number of aromatic nitrogens is 3. The maximum Gasteiger partial charge on any atom is 0.317 e. The largest absolute Gasteiger partial charge is 0.462 e. The number of fused-ring (bicyclic) bond motifs is 2. The number of aryl methyl sites for hydroxylation is 1. The number of carbonyl (C=O) groups is 1. The van der Waals surface area contributed by atoms with Gasteiger partial charge in [0.1, 0.15) is 6.61 Å². The van der Waals surface area contributed by atoms with Gasteiger partial charge in [0.15, 0.2) is 0 Å². The van der Waals surface area contributed by atoms with Crippen molar-refractivity contribution in [2.24, 2.45) is 0 Å². The van der Waals surface area contributed by atoms with Gasteiger partial charge < -0.3 is 24.8 Å². The average Bonchev–Trinajstić information content (AvgIpc) is 3.53. The summed E-state index contributed by atoms with van der Waals surface area (Å²) in [5, 5.41) is 15.1. The van der Waals surface area contributed by atoms with Crippen LogP contribution in [0.15, 0.2) is 66.9 Å². The lowest BCUT2D eigenvalue weighted by Crippen LogP contribution is -2.52. The number of carbonyl (C=O) groups excluding carboxylic acids is 1. The number of pyridine rings is 1. The molecule has 0 unspecified atom stereocenters. The van der Waals surface area contributed by atoms with Crippen LogP contribution >= 0.6 is 0 Å². The van der Waals surface area contributed by atoms with Crippen LogP contribution in [0.1, 0.15) is 47.5 Å². The van der Waals surface area contributed by atoms with E-state index in [-0.39, 0.29) is 11.9 Å². The number of hydrogen-bond acceptors (Lipinski definition) is 9. The van der Waals surface area contributed by atoms with Crippen LogP contribution in [0.3, 0.4) is 0 Å². The van der Waals surface area contributed by atoms with Crippen molar-refractivity contribution >= 4 is 27.9 Å². The Morgan fingerprint density at radius 2 is 1.98 bits per heavy atom.